The zero-order chi connectivity index (χ0) is 16.1. The molecule has 0 aromatic carbocycles. The predicted molar refractivity (Wildman–Crippen MR) is 71.5 cm³/mol. The molecule has 0 heterocycles. The molecule has 9 nitrogen and oxygen atoms in total. The Kier molecular flexibility index (Phi) is 11.1. The van der Waals surface area contributed by atoms with Crippen LogP contribution in [-0.2, 0) is 28.6 Å². The van der Waals surface area contributed by atoms with Crippen molar-refractivity contribution < 1.29 is 33.7 Å². The third-order valence-corrected chi connectivity index (χ3v) is 2.35. The molecule has 0 bridgehead atoms. The first-order valence-electron chi connectivity index (χ1n) is 6.42. The van der Waals surface area contributed by atoms with Gasteiger partial charge in [-0.25, -0.2) is 4.79 Å². The Morgan fingerprint density at radius 2 is 1.76 bits per heavy atom. The van der Waals surface area contributed by atoms with Gasteiger partial charge in [-0.1, -0.05) is 0 Å². The number of hydrogen-bond donors (Lipinski definition) is 3. The Morgan fingerprint density at radius 3 is 2.33 bits per heavy atom. The van der Waals surface area contributed by atoms with Gasteiger partial charge in [0.2, 0.25) is 11.8 Å². The third-order valence-electron chi connectivity index (χ3n) is 2.35. The monoisotopic (exact) mass is 306 g/mol. The largest absolute Gasteiger partial charge is 0.480 e. The summed E-state index contributed by atoms with van der Waals surface area (Å²) < 4.78 is 14.9. The highest BCUT2D eigenvalue weighted by molar-refractivity contribution is 5.84. The lowest BCUT2D eigenvalue weighted by atomic mass is 10.1. The minimum Gasteiger partial charge on any atom is -0.480 e. The molecule has 0 spiro atoms. The molecule has 0 unspecified atom stereocenters. The van der Waals surface area contributed by atoms with E-state index in [0.717, 1.165) is 0 Å². The highest BCUT2D eigenvalue weighted by Crippen LogP contribution is 1.97. The molecule has 0 aliphatic carbocycles. The average molecular weight is 306 g/mol. The molecule has 21 heavy (non-hydrogen) atoms. The second-order valence-corrected chi connectivity index (χ2v) is 4.12. The Hall–Kier alpha value is -1.71. The topological polar surface area (TPSA) is 137 Å². The van der Waals surface area contributed by atoms with Crippen molar-refractivity contribution >= 4 is 17.8 Å². The highest BCUT2D eigenvalue weighted by atomic mass is 16.5. The number of nitrogens with one attached hydrogen (secondary N) is 1. The Bertz CT molecular complexity index is 336. The van der Waals surface area contributed by atoms with Crippen LogP contribution in [0.15, 0.2) is 0 Å². The van der Waals surface area contributed by atoms with Gasteiger partial charge >= 0.3 is 5.97 Å². The van der Waals surface area contributed by atoms with Gasteiger partial charge in [-0.15, -0.1) is 0 Å². The van der Waals surface area contributed by atoms with Crippen molar-refractivity contribution in [2.45, 2.75) is 18.9 Å². The predicted octanol–water partition coefficient (Wildman–Crippen LogP) is -1.50. The summed E-state index contributed by atoms with van der Waals surface area (Å²) >= 11 is 0. The first-order valence-corrected chi connectivity index (χ1v) is 6.42. The highest BCUT2D eigenvalue weighted by Gasteiger charge is 2.20. The molecule has 0 saturated carbocycles. The van der Waals surface area contributed by atoms with E-state index >= 15 is 0 Å². The maximum absolute atomic E-state index is 11.5. The van der Waals surface area contributed by atoms with Gasteiger partial charge in [0, 0.05) is 13.5 Å². The molecule has 0 radical (unpaired) electrons. The summed E-state index contributed by atoms with van der Waals surface area (Å²) in [5.74, 6) is -2.43. The van der Waals surface area contributed by atoms with Crippen molar-refractivity contribution in [1.29, 1.82) is 0 Å². The molecule has 4 N–H and O–H groups in total. The second kappa shape index (κ2) is 12.1. The Morgan fingerprint density at radius 1 is 1.14 bits per heavy atom. The van der Waals surface area contributed by atoms with E-state index in [9.17, 15) is 14.4 Å². The number of hydrogen-bond acceptors (Lipinski definition) is 6. The average Bonchev–Trinajstić information content (AvgIpc) is 2.41. The summed E-state index contributed by atoms with van der Waals surface area (Å²) in [4.78, 5) is 32.9. The van der Waals surface area contributed by atoms with Crippen LogP contribution in [0.4, 0.5) is 0 Å². The number of carbonyl (C=O) groups excluding carboxylic acids is 2. The summed E-state index contributed by atoms with van der Waals surface area (Å²) in [6.07, 6.45) is -0.179. The van der Waals surface area contributed by atoms with Crippen molar-refractivity contribution in [2.24, 2.45) is 5.73 Å². The molecule has 9 heteroatoms. The normalized spacial score (nSPS) is 11.9. The molecule has 0 rings (SSSR count). The zero-order valence-electron chi connectivity index (χ0n) is 12.0. The lowest BCUT2D eigenvalue weighted by molar-refractivity contribution is -0.143. The van der Waals surface area contributed by atoms with Crippen LogP contribution in [0.3, 0.4) is 0 Å². The van der Waals surface area contributed by atoms with Crippen LogP contribution in [0.2, 0.25) is 0 Å². The fourth-order valence-electron chi connectivity index (χ4n) is 1.31. The van der Waals surface area contributed by atoms with Gasteiger partial charge in [0.05, 0.1) is 26.4 Å². The molecule has 0 aliphatic heterocycles. The number of amides is 2. The standard InChI is InChI=1S/C12H22N2O7/c1-19-4-5-20-6-7-21-8-11(16)14-9(12(17)18)2-3-10(13)15/h9H,2-8H2,1H3,(H2,13,15)(H,14,16)(H,17,18)/t9-/m0/s1. The van der Waals surface area contributed by atoms with Gasteiger partial charge in [-0.2, -0.15) is 0 Å². The molecular weight excluding hydrogens is 284 g/mol. The summed E-state index contributed by atoms with van der Waals surface area (Å²) in [6.45, 7) is 1.13. The van der Waals surface area contributed by atoms with Gasteiger partial charge in [-0.05, 0) is 6.42 Å². The second-order valence-electron chi connectivity index (χ2n) is 4.12. The number of carboxylic acids is 1. The van der Waals surface area contributed by atoms with Gasteiger partial charge < -0.3 is 30.4 Å². The van der Waals surface area contributed by atoms with Crippen molar-refractivity contribution in [1.82, 2.24) is 5.32 Å². The maximum Gasteiger partial charge on any atom is 0.326 e. The molecular formula is C12H22N2O7. The van der Waals surface area contributed by atoms with E-state index < -0.39 is 23.8 Å². The van der Waals surface area contributed by atoms with Crippen molar-refractivity contribution in [3.8, 4) is 0 Å². The van der Waals surface area contributed by atoms with Crippen molar-refractivity contribution in [3.63, 3.8) is 0 Å². The number of ether oxygens (including phenoxy) is 3. The fourth-order valence-corrected chi connectivity index (χ4v) is 1.31. The maximum atomic E-state index is 11.5. The summed E-state index contributed by atoms with van der Waals surface area (Å²) in [7, 11) is 1.56. The minimum absolute atomic E-state index is 0.0590. The van der Waals surface area contributed by atoms with E-state index in [1.807, 2.05) is 0 Å². The van der Waals surface area contributed by atoms with Crippen LogP contribution < -0.4 is 11.1 Å². The minimum atomic E-state index is -1.23. The number of carboxylic acid groups (broad SMARTS) is 1. The fraction of sp³-hybridized carbons (Fsp3) is 0.750. The van der Waals surface area contributed by atoms with E-state index in [4.69, 9.17) is 25.1 Å². The lowest BCUT2D eigenvalue weighted by Crippen LogP contribution is -2.43. The van der Waals surface area contributed by atoms with Crippen molar-refractivity contribution in [3.05, 3.63) is 0 Å². The lowest BCUT2D eigenvalue weighted by Gasteiger charge is -2.13. The van der Waals surface area contributed by atoms with Gasteiger partial charge in [0.15, 0.2) is 0 Å². The summed E-state index contributed by atoms with van der Waals surface area (Å²) in [6, 6.07) is -1.16. The summed E-state index contributed by atoms with van der Waals surface area (Å²) in [5.41, 5.74) is 4.93. The van der Waals surface area contributed by atoms with E-state index in [1.165, 1.54) is 0 Å². The van der Waals surface area contributed by atoms with Gasteiger partial charge in [-0.3, -0.25) is 9.59 Å². The Labute approximate surface area is 122 Å². The van der Waals surface area contributed by atoms with E-state index in [2.05, 4.69) is 5.32 Å². The molecule has 0 saturated heterocycles. The SMILES string of the molecule is COCCOCCOCC(=O)N[C@@H](CCC(N)=O)C(=O)O. The van der Waals surface area contributed by atoms with E-state index in [-0.39, 0.29) is 26.1 Å². The zero-order valence-corrected chi connectivity index (χ0v) is 12.0. The van der Waals surface area contributed by atoms with Gasteiger partial charge in [0.25, 0.3) is 0 Å². The number of aliphatic carboxylic acids is 1. The molecule has 0 fully saturated rings. The smallest absolute Gasteiger partial charge is 0.326 e. The molecule has 0 aromatic rings. The third kappa shape index (κ3) is 11.8. The number of carbonyl (C=O) groups is 3. The first-order chi connectivity index (χ1) is 9.97. The molecule has 0 aromatic heterocycles. The van der Waals surface area contributed by atoms with E-state index in [0.29, 0.717) is 19.8 Å². The van der Waals surface area contributed by atoms with Gasteiger partial charge in [0.1, 0.15) is 12.6 Å². The molecule has 1 atom stereocenters. The number of rotatable bonds is 13. The molecule has 0 aliphatic rings. The Balaban J connectivity index is 3.78. The molecule has 122 valence electrons. The van der Waals surface area contributed by atoms with Crippen LogP contribution in [0.5, 0.6) is 0 Å². The number of methoxy groups -OCH3 is 1. The van der Waals surface area contributed by atoms with Crippen molar-refractivity contribution in [2.75, 3.05) is 40.1 Å². The number of nitrogens with two attached hydrogens (primary N) is 1. The van der Waals surface area contributed by atoms with E-state index in [1.54, 1.807) is 7.11 Å². The quantitative estimate of drug-likeness (QED) is 0.352. The first kappa shape index (κ1) is 19.3. The van der Waals surface area contributed by atoms with Crippen LogP contribution in [0.25, 0.3) is 0 Å². The van der Waals surface area contributed by atoms with Crippen LogP contribution >= 0.6 is 0 Å². The summed E-state index contributed by atoms with van der Waals surface area (Å²) in [5, 5.41) is 11.1. The van der Waals surface area contributed by atoms with Crippen LogP contribution in [0.1, 0.15) is 12.8 Å². The van der Waals surface area contributed by atoms with Crippen LogP contribution in [0, 0.1) is 0 Å². The number of primary amides is 1. The van der Waals surface area contributed by atoms with Crippen LogP contribution in [-0.4, -0.2) is 69.1 Å². The molecule has 2 amide bonds.